The van der Waals surface area contributed by atoms with E-state index in [2.05, 4.69) is 22.9 Å². The van der Waals surface area contributed by atoms with Crippen LogP contribution in [0.15, 0.2) is 18.3 Å². The number of hydrogen-bond donors (Lipinski definition) is 1. The maximum atomic E-state index is 9.38. The summed E-state index contributed by atoms with van der Waals surface area (Å²) >= 11 is 0. The second-order valence-electron chi connectivity index (χ2n) is 3.94. The van der Waals surface area contributed by atoms with E-state index in [0.29, 0.717) is 0 Å². The van der Waals surface area contributed by atoms with Crippen LogP contribution in [0.2, 0.25) is 0 Å². The van der Waals surface area contributed by atoms with Crippen LogP contribution in [-0.2, 0) is 6.54 Å². The molecule has 2 rings (SSSR count). The molecular weight excluding hydrogens is 176 g/mol. The van der Waals surface area contributed by atoms with Crippen molar-refractivity contribution >= 4 is 0 Å². The average Bonchev–Trinajstić information content (AvgIpc) is 2.56. The minimum Gasteiger partial charge on any atom is -0.392 e. The first-order valence-corrected chi connectivity index (χ1v) is 5.06. The number of aromatic nitrogens is 1. The average molecular weight is 192 g/mol. The summed E-state index contributed by atoms with van der Waals surface area (Å²) < 4.78 is 0. The molecule has 76 valence electrons. The summed E-state index contributed by atoms with van der Waals surface area (Å²) in [5.41, 5.74) is 2.36. The predicted molar refractivity (Wildman–Crippen MR) is 54.9 cm³/mol. The van der Waals surface area contributed by atoms with Crippen molar-refractivity contribution in [2.75, 3.05) is 13.1 Å². The van der Waals surface area contributed by atoms with E-state index >= 15 is 0 Å². The summed E-state index contributed by atoms with van der Waals surface area (Å²) in [7, 11) is 0. The van der Waals surface area contributed by atoms with Gasteiger partial charge in [-0.3, -0.25) is 9.88 Å². The van der Waals surface area contributed by atoms with Gasteiger partial charge in [0.25, 0.3) is 0 Å². The van der Waals surface area contributed by atoms with Crippen LogP contribution in [0.1, 0.15) is 17.7 Å². The molecule has 1 N–H and O–H groups in total. The molecule has 0 aromatic carbocycles. The lowest BCUT2D eigenvalue weighted by Crippen LogP contribution is -2.22. The number of aliphatic hydroxyl groups is 1. The molecule has 0 aliphatic carbocycles. The monoisotopic (exact) mass is 192 g/mol. The first-order chi connectivity index (χ1) is 6.75. The van der Waals surface area contributed by atoms with Crippen molar-refractivity contribution in [2.24, 2.45) is 0 Å². The number of aryl methyl sites for hydroxylation is 1. The van der Waals surface area contributed by atoms with E-state index in [4.69, 9.17) is 0 Å². The molecule has 0 unspecified atom stereocenters. The van der Waals surface area contributed by atoms with Crippen LogP contribution in [0.3, 0.4) is 0 Å². The van der Waals surface area contributed by atoms with Gasteiger partial charge in [-0.25, -0.2) is 0 Å². The van der Waals surface area contributed by atoms with E-state index in [9.17, 15) is 5.11 Å². The third kappa shape index (κ3) is 2.11. The Balaban J connectivity index is 2.01. The normalized spacial score (nSPS) is 22.9. The quantitative estimate of drug-likeness (QED) is 0.758. The Labute approximate surface area is 84.4 Å². The van der Waals surface area contributed by atoms with Crippen molar-refractivity contribution in [1.82, 2.24) is 9.88 Å². The Morgan fingerprint density at radius 3 is 3.14 bits per heavy atom. The van der Waals surface area contributed by atoms with Gasteiger partial charge >= 0.3 is 0 Å². The summed E-state index contributed by atoms with van der Waals surface area (Å²) in [5.74, 6) is 0. The third-order valence-electron chi connectivity index (χ3n) is 2.74. The zero-order valence-corrected chi connectivity index (χ0v) is 8.48. The molecule has 1 aromatic heterocycles. The van der Waals surface area contributed by atoms with Crippen LogP contribution in [0.25, 0.3) is 0 Å². The lowest BCUT2D eigenvalue weighted by atomic mass is 10.2. The first kappa shape index (κ1) is 9.62. The van der Waals surface area contributed by atoms with Crippen molar-refractivity contribution in [3.63, 3.8) is 0 Å². The smallest absolute Gasteiger partial charge is 0.0679 e. The molecule has 0 amide bonds. The molecule has 3 nitrogen and oxygen atoms in total. The Morgan fingerprint density at radius 1 is 1.64 bits per heavy atom. The SMILES string of the molecule is Cc1cccnc1CN1CC[C@H](O)C1. The fourth-order valence-corrected chi connectivity index (χ4v) is 1.85. The molecule has 1 aliphatic heterocycles. The van der Waals surface area contributed by atoms with Crippen molar-refractivity contribution in [3.8, 4) is 0 Å². The molecule has 1 fully saturated rings. The van der Waals surface area contributed by atoms with Gasteiger partial charge in [0, 0.05) is 25.8 Å². The van der Waals surface area contributed by atoms with Gasteiger partial charge in [-0.15, -0.1) is 0 Å². The van der Waals surface area contributed by atoms with Gasteiger partial charge in [-0.05, 0) is 25.0 Å². The molecular formula is C11H16N2O. The van der Waals surface area contributed by atoms with Crippen LogP contribution < -0.4 is 0 Å². The highest BCUT2D eigenvalue weighted by Crippen LogP contribution is 2.13. The minimum absolute atomic E-state index is 0.140. The zero-order valence-electron chi connectivity index (χ0n) is 8.48. The molecule has 1 saturated heterocycles. The van der Waals surface area contributed by atoms with E-state index in [1.807, 2.05) is 12.3 Å². The number of aliphatic hydroxyl groups excluding tert-OH is 1. The van der Waals surface area contributed by atoms with Crippen LogP contribution in [0.5, 0.6) is 0 Å². The fraction of sp³-hybridized carbons (Fsp3) is 0.545. The van der Waals surface area contributed by atoms with Crippen LogP contribution in [0.4, 0.5) is 0 Å². The van der Waals surface area contributed by atoms with Gasteiger partial charge in [-0.1, -0.05) is 6.07 Å². The predicted octanol–water partition coefficient (Wildman–Crippen LogP) is 0.957. The number of nitrogens with zero attached hydrogens (tertiary/aromatic N) is 2. The highest BCUT2D eigenvalue weighted by Gasteiger charge is 2.20. The van der Waals surface area contributed by atoms with E-state index in [1.165, 1.54) is 5.56 Å². The van der Waals surface area contributed by atoms with Gasteiger partial charge in [0.1, 0.15) is 0 Å². The van der Waals surface area contributed by atoms with E-state index in [1.54, 1.807) is 0 Å². The van der Waals surface area contributed by atoms with Gasteiger partial charge in [0.05, 0.1) is 11.8 Å². The van der Waals surface area contributed by atoms with E-state index in [-0.39, 0.29) is 6.10 Å². The molecule has 0 radical (unpaired) electrons. The molecule has 2 heterocycles. The van der Waals surface area contributed by atoms with Gasteiger partial charge in [0.15, 0.2) is 0 Å². The van der Waals surface area contributed by atoms with E-state index < -0.39 is 0 Å². The molecule has 0 saturated carbocycles. The van der Waals surface area contributed by atoms with Crippen LogP contribution >= 0.6 is 0 Å². The number of hydrogen-bond acceptors (Lipinski definition) is 3. The molecule has 14 heavy (non-hydrogen) atoms. The van der Waals surface area contributed by atoms with E-state index in [0.717, 1.165) is 31.7 Å². The molecule has 0 bridgehead atoms. The number of β-amino-alcohol motifs (C(OH)–C–C–N with tert-alkyl or cyclic N) is 1. The highest BCUT2D eigenvalue weighted by molar-refractivity contribution is 5.17. The van der Waals surface area contributed by atoms with Crippen LogP contribution in [0, 0.1) is 6.92 Å². The number of likely N-dealkylation sites (tertiary alicyclic amines) is 1. The maximum absolute atomic E-state index is 9.38. The van der Waals surface area contributed by atoms with Crippen LogP contribution in [-0.4, -0.2) is 34.2 Å². The first-order valence-electron chi connectivity index (χ1n) is 5.06. The summed E-state index contributed by atoms with van der Waals surface area (Å²) in [6.07, 6.45) is 2.58. The van der Waals surface area contributed by atoms with Crippen molar-refractivity contribution in [2.45, 2.75) is 26.0 Å². The zero-order chi connectivity index (χ0) is 9.97. The maximum Gasteiger partial charge on any atom is 0.0679 e. The molecule has 1 aliphatic rings. The summed E-state index contributed by atoms with van der Waals surface area (Å²) in [6, 6.07) is 4.03. The lowest BCUT2D eigenvalue weighted by molar-refractivity contribution is 0.174. The van der Waals surface area contributed by atoms with Gasteiger partial charge in [-0.2, -0.15) is 0 Å². The Kier molecular flexibility index (Phi) is 2.79. The topological polar surface area (TPSA) is 36.4 Å². The standard InChI is InChI=1S/C11H16N2O/c1-9-3-2-5-12-11(9)8-13-6-4-10(14)7-13/h2-3,5,10,14H,4,6-8H2,1H3/t10-/m0/s1. The summed E-state index contributed by atoms with van der Waals surface area (Å²) in [6.45, 7) is 4.71. The van der Waals surface area contributed by atoms with Crippen molar-refractivity contribution < 1.29 is 5.11 Å². The summed E-state index contributed by atoms with van der Waals surface area (Å²) in [5, 5.41) is 9.38. The number of pyridine rings is 1. The Bertz CT molecular complexity index is 314. The second-order valence-corrected chi connectivity index (χ2v) is 3.94. The highest BCUT2D eigenvalue weighted by atomic mass is 16.3. The van der Waals surface area contributed by atoms with Gasteiger partial charge < -0.3 is 5.11 Å². The molecule has 1 atom stereocenters. The number of rotatable bonds is 2. The minimum atomic E-state index is -0.140. The fourth-order valence-electron chi connectivity index (χ4n) is 1.85. The largest absolute Gasteiger partial charge is 0.392 e. The Morgan fingerprint density at radius 2 is 2.50 bits per heavy atom. The third-order valence-corrected chi connectivity index (χ3v) is 2.74. The van der Waals surface area contributed by atoms with Crippen molar-refractivity contribution in [1.29, 1.82) is 0 Å². The second kappa shape index (κ2) is 4.07. The summed E-state index contributed by atoms with van der Waals surface area (Å²) in [4.78, 5) is 6.59. The lowest BCUT2D eigenvalue weighted by Gasteiger charge is -2.15. The molecule has 1 aromatic rings. The molecule has 3 heteroatoms. The van der Waals surface area contributed by atoms with Gasteiger partial charge in [0.2, 0.25) is 0 Å². The van der Waals surface area contributed by atoms with Crippen molar-refractivity contribution in [3.05, 3.63) is 29.6 Å². The Hall–Kier alpha value is -0.930. The molecule has 0 spiro atoms.